The van der Waals surface area contributed by atoms with Crippen molar-refractivity contribution in [2.45, 2.75) is 11.8 Å². The first-order valence-corrected chi connectivity index (χ1v) is 5.49. The minimum Gasteiger partial charge on any atom is -0.464 e. The second-order valence-electron chi connectivity index (χ2n) is 2.82. The molecule has 0 saturated carbocycles. The van der Waals surface area contributed by atoms with Gasteiger partial charge in [-0.2, -0.15) is 0 Å². The Labute approximate surface area is 87.1 Å². The van der Waals surface area contributed by atoms with Gasteiger partial charge in [0.15, 0.2) is 0 Å². The van der Waals surface area contributed by atoms with Crippen LogP contribution in [0.3, 0.4) is 0 Å². The standard InChI is InChI=1S/C8H10N2O4S/c1-5-7(15(9,12)13)4-3-6(10-5)8(11)14-2/h3-4H,1-2H3,(H2,9,12,13). The lowest BCUT2D eigenvalue weighted by Crippen LogP contribution is -2.15. The number of ether oxygens (including phenoxy) is 1. The van der Waals surface area contributed by atoms with Crippen molar-refractivity contribution in [3.8, 4) is 0 Å². The average Bonchev–Trinajstić information content (AvgIpc) is 2.14. The molecule has 0 unspecified atom stereocenters. The fourth-order valence-electron chi connectivity index (χ4n) is 1.07. The molecule has 0 atom stereocenters. The predicted molar refractivity (Wildman–Crippen MR) is 51.7 cm³/mol. The van der Waals surface area contributed by atoms with Crippen molar-refractivity contribution in [1.29, 1.82) is 0 Å². The maximum absolute atomic E-state index is 11.1. The monoisotopic (exact) mass is 230 g/mol. The van der Waals surface area contributed by atoms with Crippen LogP contribution >= 0.6 is 0 Å². The number of primary sulfonamides is 1. The van der Waals surface area contributed by atoms with Crippen LogP contribution in [-0.4, -0.2) is 26.5 Å². The van der Waals surface area contributed by atoms with Crippen LogP contribution in [0.15, 0.2) is 17.0 Å². The molecule has 0 spiro atoms. The third kappa shape index (κ3) is 2.51. The number of rotatable bonds is 2. The zero-order chi connectivity index (χ0) is 11.6. The summed E-state index contributed by atoms with van der Waals surface area (Å²) in [5, 5.41) is 4.93. The second-order valence-corrected chi connectivity index (χ2v) is 4.35. The summed E-state index contributed by atoms with van der Waals surface area (Å²) in [6.07, 6.45) is 0. The van der Waals surface area contributed by atoms with Crippen molar-refractivity contribution in [2.75, 3.05) is 7.11 Å². The Morgan fingerprint density at radius 1 is 1.47 bits per heavy atom. The van der Waals surface area contributed by atoms with E-state index in [9.17, 15) is 13.2 Å². The summed E-state index contributed by atoms with van der Waals surface area (Å²) in [6.45, 7) is 1.45. The minimum absolute atomic E-state index is 0.0439. The van der Waals surface area contributed by atoms with Gasteiger partial charge in [0.1, 0.15) is 10.6 Å². The normalized spacial score (nSPS) is 11.1. The van der Waals surface area contributed by atoms with Crippen LogP contribution < -0.4 is 5.14 Å². The molecule has 0 aromatic carbocycles. The Morgan fingerprint density at radius 2 is 2.07 bits per heavy atom. The van der Waals surface area contributed by atoms with E-state index in [0.717, 1.165) is 0 Å². The molecule has 0 aliphatic rings. The van der Waals surface area contributed by atoms with E-state index in [2.05, 4.69) is 9.72 Å². The first-order valence-electron chi connectivity index (χ1n) is 3.95. The Balaban J connectivity index is 3.27. The maximum atomic E-state index is 11.1. The topological polar surface area (TPSA) is 99.4 Å². The van der Waals surface area contributed by atoms with Gasteiger partial charge >= 0.3 is 5.97 Å². The number of esters is 1. The number of pyridine rings is 1. The molecule has 7 heteroatoms. The van der Waals surface area contributed by atoms with E-state index in [1.54, 1.807) is 0 Å². The lowest BCUT2D eigenvalue weighted by Gasteiger charge is -2.04. The van der Waals surface area contributed by atoms with Crippen molar-refractivity contribution in [2.24, 2.45) is 5.14 Å². The summed E-state index contributed by atoms with van der Waals surface area (Å²) in [7, 11) is -2.58. The quantitative estimate of drug-likeness (QED) is 0.711. The zero-order valence-electron chi connectivity index (χ0n) is 8.22. The Morgan fingerprint density at radius 3 is 2.47 bits per heavy atom. The first kappa shape index (κ1) is 11.6. The Bertz CT molecular complexity index is 495. The fourth-order valence-corrected chi connectivity index (χ4v) is 1.78. The molecule has 0 bridgehead atoms. The maximum Gasteiger partial charge on any atom is 0.356 e. The number of hydrogen-bond acceptors (Lipinski definition) is 5. The Kier molecular flexibility index (Phi) is 3.06. The van der Waals surface area contributed by atoms with Gasteiger partial charge in [-0.25, -0.2) is 23.3 Å². The van der Waals surface area contributed by atoms with Gasteiger partial charge in [-0.05, 0) is 19.1 Å². The predicted octanol–water partition coefficient (Wildman–Crippen LogP) is -0.176. The molecule has 1 heterocycles. The molecule has 0 aliphatic carbocycles. The van der Waals surface area contributed by atoms with Crippen molar-refractivity contribution < 1.29 is 17.9 Å². The van der Waals surface area contributed by atoms with Crippen molar-refractivity contribution in [3.05, 3.63) is 23.5 Å². The number of nitrogens with two attached hydrogens (primary N) is 1. The van der Waals surface area contributed by atoms with Gasteiger partial charge in [0.05, 0.1) is 12.8 Å². The van der Waals surface area contributed by atoms with Crippen LogP contribution in [0, 0.1) is 6.92 Å². The molecule has 0 saturated heterocycles. The number of carbonyl (C=O) groups is 1. The molecule has 1 rings (SSSR count). The van der Waals surface area contributed by atoms with E-state index in [1.807, 2.05) is 0 Å². The van der Waals surface area contributed by atoms with Gasteiger partial charge in [-0.15, -0.1) is 0 Å². The summed E-state index contributed by atoms with van der Waals surface area (Å²) in [5.41, 5.74) is 0.211. The molecular weight excluding hydrogens is 220 g/mol. The van der Waals surface area contributed by atoms with Crippen LogP contribution in [-0.2, 0) is 14.8 Å². The van der Waals surface area contributed by atoms with Gasteiger partial charge in [0.2, 0.25) is 10.0 Å². The molecule has 0 radical (unpaired) electrons. The van der Waals surface area contributed by atoms with Crippen molar-refractivity contribution >= 4 is 16.0 Å². The highest BCUT2D eigenvalue weighted by Gasteiger charge is 2.15. The molecule has 15 heavy (non-hydrogen) atoms. The van der Waals surface area contributed by atoms with Crippen molar-refractivity contribution in [1.82, 2.24) is 4.98 Å². The summed E-state index contributed by atoms with van der Waals surface area (Å²) in [5.74, 6) is -0.626. The third-order valence-corrected chi connectivity index (χ3v) is 2.78. The molecule has 1 aromatic rings. The van der Waals surface area contributed by atoms with Gasteiger partial charge in [0, 0.05) is 0 Å². The molecule has 0 aliphatic heterocycles. The highest BCUT2D eigenvalue weighted by atomic mass is 32.2. The number of methoxy groups -OCH3 is 1. The lowest BCUT2D eigenvalue weighted by molar-refractivity contribution is 0.0593. The van der Waals surface area contributed by atoms with Gasteiger partial charge in [-0.3, -0.25) is 0 Å². The number of hydrogen-bond donors (Lipinski definition) is 1. The number of aromatic nitrogens is 1. The summed E-state index contributed by atoms with van der Waals surface area (Å²) in [4.78, 5) is 14.7. The molecular formula is C8H10N2O4S. The van der Waals surface area contributed by atoms with E-state index >= 15 is 0 Å². The smallest absolute Gasteiger partial charge is 0.356 e. The number of aryl methyl sites for hydroxylation is 1. The number of nitrogens with zero attached hydrogens (tertiary/aromatic N) is 1. The van der Waals surface area contributed by atoms with Crippen LogP contribution in [0.5, 0.6) is 0 Å². The Hall–Kier alpha value is -1.47. The molecule has 2 N–H and O–H groups in total. The van der Waals surface area contributed by atoms with Crippen molar-refractivity contribution in [3.63, 3.8) is 0 Å². The van der Waals surface area contributed by atoms with E-state index in [0.29, 0.717) is 0 Å². The summed E-state index contributed by atoms with van der Waals surface area (Å²) in [6, 6.07) is 2.47. The summed E-state index contributed by atoms with van der Waals surface area (Å²) >= 11 is 0. The molecule has 6 nitrogen and oxygen atoms in total. The largest absolute Gasteiger partial charge is 0.464 e. The highest BCUT2D eigenvalue weighted by molar-refractivity contribution is 7.89. The van der Waals surface area contributed by atoms with Crippen LogP contribution in [0.2, 0.25) is 0 Å². The SMILES string of the molecule is COC(=O)c1ccc(S(N)(=O)=O)c(C)n1. The minimum atomic E-state index is -3.80. The number of sulfonamides is 1. The lowest BCUT2D eigenvalue weighted by atomic mass is 10.3. The molecule has 1 aromatic heterocycles. The average molecular weight is 230 g/mol. The highest BCUT2D eigenvalue weighted by Crippen LogP contribution is 2.12. The zero-order valence-corrected chi connectivity index (χ0v) is 9.04. The van der Waals surface area contributed by atoms with Crippen LogP contribution in [0.1, 0.15) is 16.2 Å². The van der Waals surface area contributed by atoms with Crippen LogP contribution in [0.25, 0.3) is 0 Å². The van der Waals surface area contributed by atoms with E-state index in [4.69, 9.17) is 5.14 Å². The van der Waals surface area contributed by atoms with E-state index in [1.165, 1.54) is 26.2 Å². The fraction of sp³-hybridized carbons (Fsp3) is 0.250. The first-order chi connectivity index (χ1) is 6.86. The van der Waals surface area contributed by atoms with Gasteiger partial charge in [0.25, 0.3) is 0 Å². The van der Waals surface area contributed by atoms with Gasteiger partial charge < -0.3 is 4.74 Å². The third-order valence-electron chi connectivity index (χ3n) is 1.74. The van der Waals surface area contributed by atoms with E-state index < -0.39 is 16.0 Å². The van der Waals surface area contributed by atoms with Gasteiger partial charge in [-0.1, -0.05) is 0 Å². The second kappa shape index (κ2) is 3.95. The summed E-state index contributed by atoms with van der Waals surface area (Å²) < 4.78 is 26.5. The van der Waals surface area contributed by atoms with Crippen LogP contribution in [0.4, 0.5) is 0 Å². The molecule has 82 valence electrons. The number of carbonyl (C=O) groups excluding carboxylic acids is 1. The molecule has 0 amide bonds. The van der Waals surface area contributed by atoms with E-state index in [-0.39, 0.29) is 16.3 Å². The molecule has 0 fully saturated rings.